The number of nitrogens with zero attached hydrogens (tertiary/aromatic N) is 2. The fraction of sp³-hybridized carbons (Fsp3) is 0.182. The van der Waals surface area contributed by atoms with E-state index in [9.17, 15) is 9.18 Å². The molecule has 1 aromatic carbocycles. The molecule has 6 nitrogen and oxygen atoms in total. The van der Waals surface area contributed by atoms with Crippen molar-refractivity contribution in [2.24, 2.45) is 0 Å². The van der Waals surface area contributed by atoms with Crippen molar-refractivity contribution in [3.8, 4) is 0 Å². The van der Waals surface area contributed by atoms with Crippen LogP contribution in [-0.2, 0) is 4.79 Å². The summed E-state index contributed by atoms with van der Waals surface area (Å²) in [6, 6.07) is 3.77. The quantitative estimate of drug-likeness (QED) is 0.656. The van der Waals surface area contributed by atoms with Crippen LogP contribution in [0.2, 0.25) is 0 Å². The summed E-state index contributed by atoms with van der Waals surface area (Å²) < 4.78 is 18.1. The van der Waals surface area contributed by atoms with Gasteiger partial charge in [-0.05, 0) is 18.2 Å². The van der Waals surface area contributed by atoms with Crippen molar-refractivity contribution < 1.29 is 13.6 Å². The minimum absolute atomic E-state index is 0.0671. The molecule has 0 spiro atoms. The Labute approximate surface area is 112 Å². The summed E-state index contributed by atoms with van der Waals surface area (Å²) in [4.78, 5) is 11.7. The number of thioether (sulfide) groups is 1. The van der Waals surface area contributed by atoms with Crippen LogP contribution in [0.5, 0.6) is 0 Å². The molecule has 8 heteroatoms. The average molecular weight is 282 g/mol. The van der Waals surface area contributed by atoms with Gasteiger partial charge in [-0.3, -0.25) is 4.79 Å². The van der Waals surface area contributed by atoms with E-state index in [0.29, 0.717) is 16.8 Å². The maximum atomic E-state index is 13.0. The van der Waals surface area contributed by atoms with Crippen molar-refractivity contribution in [2.45, 2.75) is 12.1 Å². The number of rotatable bonds is 4. The zero-order valence-corrected chi connectivity index (χ0v) is 10.8. The Hall–Kier alpha value is -2.09. The summed E-state index contributed by atoms with van der Waals surface area (Å²) in [5, 5.41) is 10.2. The highest BCUT2D eigenvalue weighted by atomic mass is 32.2. The molecule has 0 bridgehead atoms. The number of amides is 1. The molecule has 3 N–H and O–H groups in total. The number of carbonyl (C=O) groups excluding carboxylic acids is 1. The fourth-order valence-electron chi connectivity index (χ4n) is 1.29. The third-order valence-electron chi connectivity index (χ3n) is 2.12. The van der Waals surface area contributed by atoms with E-state index in [-0.39, 0.29) is 17.3 Å². The predicted molar refractivity (Wildman–Crippen MR) is 69.2 cm³/mol. The van der Waals surface area contributed by atoms with E-state index in [0.717, 1.165) is 17.8 Å². The Morgan fingerprint density at radius 2 is 2.32 bits per heavy atom. The van der Waals surface area contributed by atoms with Gasteiger partial charge in [-0.1, -0.05) is 11.8 Å². The molecule has 19 heavy (non-hydrogen) atoms. The van der Waals surface area contributed by atoms with Crippen LogP contribution in [0.15, 0.2) is 27.8 Å². The molecule has 0 radical (unpaired) electrons. The average Bonchev–Trinajstić information content (AvgIpc) is 2.77. The lowest BCUT2D eigenvalue weighted by atomic mass is 10.2. The minimum Gasteiger partial charge on any atom is -0.416 e. The Bertz CT molecular complexity index is 602. The van der Waals surface area contributed by atoms with Gasteiger partial charge in [-0.15, -0.1) is 10.2 Å². The summed E-state index contributed by atoms with van der Waals surface area (Å²) >= 11 is 1.09. The summed E-state index contributed by atoms with van der Waals surface area (Å²) in [5.41, 5.74) is 6.16. The van der Waals surface area contributed by atoms with Crippen molar-refractivity contribution in [3.63, 3.8) is 0 Å². The molecule has 1 aromatic heterocycles. The molecule has 100 valence electrons. The number of hydrogen-bond acceptors (Lipinski definition) is 6. The van der Waals surface area contributed by atoms with E-state index in [1.807, 2.05) is 0 Å². The first-order valence-corrected chi connectivity index (χ1v) is 6.31. The number of hydrogen-bond donors (Lipinski definition) is 2. The molecular formula is C11H11FN4O2S. The highest BCUT2D eigenvalue weighted by molar-refractivity contribution is 7.99. The van der Waals surface area contributed by atoms with Crippen LogP contribution in [0.4, 0.5) is 15.8 Å². The third kappa shape index (κ3) is 3.68. The molecule has 1 amide bonds. The number of benzene rings is 1. The molecule has 0 saturated heterocycles. The smallest absolute Gasteiger partial charge is 0.277 e. The van der Waals surface area contributed by atoms with Gasteiger partial charge in [-0.25, -0.2) is 4.39 Å². The van der Waals surface area contributed by atoms with Gasteiger partial charge in [0.05, 0.1) is 17.1 Å². The van der Waals surface area contributed by atoms with E-state index in [2.05, 4.69) is 15.5 Å². The Morgan fingerprint density at radius 3 is 3.00 bits per heavy atom. The summed E-state index contributed by atoms with van der Waals surface area (Å²) in [7, 11) is 0. The number of carbonyl (C=O) groups is 1. The van der Waals surface area contributed by atoms with Crippen molar-refractivity contribution in [1.82, 2.24) is 10.2 Å². The zero-order chi connectivity index (χ0) is 13.8. The van der Waals surface area contributed by atoms with E-state index in [1.54, 1.807) is 6.92 Å². The van der Waals surface area contributed by atoms with Gasteiger partial charge >= 0.3 is 0 Å². The molecule has 0 atom stereocenters. The molecule has 0 aliphatic rings. The van der Waals surface area contributed by atoms with E-state index in [1.165, 1.54) is 12.1 Å². The highest BCUT2D eigenvalue weighted by Gasteiger charge is 2.10. The topological polar surface area (TPSA) is 94.0 Å². The molecule has 0 aliphatic carbocycles. The first-order valence-electron chi connectivity index (χ1n) is 5.32. The Kier molecular flexibility index (Phi) is 4.00. The largest absolute Gasteiger partial charge is 0.416 e. The maximum Gasteiger partial charge on any atom is 0.277 e. The highest BCUT2D eigenvalue weighted by Crippen LogP contribution is 2.20. The SMILES string of the molecule is Cc1nnc(SCC(=O)Nc2cc(F)ccc2N)o1. The number of nitrogens with one attached hydrogen (secondary N) is 1. The van der Waals surface area contributed by atoms with Crippen LogP contribution in [0.25, 0.3) is 0 Å². The molecule has 0 fully saturated rings. The van der Waals surface area contributed by atoms with E-state index >= 15 is 0 Å². The van der Waals surface area contributed by atoms with Crippen molar-refractivity contribution in [1.29, 1.82) is 0 Å². The number of aromatic nitrogens is 2. The lowest BCUT2D eigenvalue weighted by Gasteiger charge is -2.07. The van der Waals surface area contributed by atoms with Gasteiger partial charge in [0.2, 0.25) is 11.8 Å². The number of halogens is 1. The van der Waals surface area contributed by atoms with Gasteiger partial charge in [-0.2, -0.15) is 0 Å². The van der Waals surface area contributed by atoms with Gasteiger partial charge in [0.15, 0.2) is 0 Å². The summed E-state index contributed by atoms with van der Waals surface area (Å²) in [5.74, 6) is -0.308. The van der Waals surface area contributed by atoms with Crippen LogP contribution in [0.3, 0.4) is 0 Å². The normalized spacial score (nSPS) is 10.4. The first-order chi connectivity index (χ1) is 9.04. The molecule has 2 rings (SSSR count). The second-order valence-electron chi connectivity index (χ2n) is 3.66. The van der Waals surface area contributed by atoms with Crippen LogP contribution in [-0.4, -0.2) is 21.9 Å². The van der Waals surface area contributed by atoms with Crippen molar-refractivity contribution >= 4 is 29.0 Å². The monoisotopic (exact) mass is 282 g/mol. The lowest BCUT2D eigenvalue weighted by Crippen LogP contribution is -2.15. The van der Waals surface area contributed by atoms with Gasteiger partial charge < -0.3 is 15.5 Å². The standard InChI is InChI=1S/C11H11FN4O2S/c1-6-15-16-11(18-6)19-5-10(17)14-9-4-7(12)2-3-8(9)13/h2-4H,5,13H2,1H3,(H,14,17). The third-order valence-corrected chi connectivity index (χ3v) is 2.94. The maximum absolute atomic E-state index is 13.0. The van der Waals surface area contributed by atoms with Gasteiger partial charge in [0.25, 0.3) is 5.22 Å². The number of anilines is 2. The second kappa shape index (κ2) is 5.70. The van der Waals surface area contributed by atoms with Crippen LogP contribution in [0.1, 0.15) is 5.89 Å². The molecule has 0 unspecified atom stereocenters. The van der Waals surface area contributed by atoms with E-state index in [4.69, 9.17) is 10.2 Å². The number of aryl methyl sites for hydroxylation is 1. The molecule has 2 aromatic rings. The van der Waals surface area contributed by atoms with Crippen molar-refractivity contribution in [3.05, 3.63) is 29.9 Å². The van der Waals surface area contributed by atoms with Crippen LogP contribution in [0, 0.1) is 12.7 Å². The number of nitrogens with two attached hydrogens (primary N) is 1. The fourth-order valence-corrected chi connectivity index (χ4v) is 1.89. The molecule has 1 heterocycles. The van der Waals surface area contributed by atoms with Crippen LogP contribution >= 0.6 is 11.8 Å². The summed E-state index contributed by atoms with van der Waals surface area (Å²) in [6.07, 6.45) is 0. The van der Waals surface area contributed by atoms with Crippen molar-refractivity contribution in [2.75, 3.05) is 16.8 Å². The summed E-state index contributed by atoms with van der Waals surface area (Å²) in [6.45, 7) is 1.66. The molecule has 0 saturated carbocycles. The van der Waals surface area contributed by atoms with Gasteiger partial charge in [0, 0.05) is 6.92 Å². The van der Waals surface area contributed by atoms with Crippen LogP contribution < -0.4 is 11.1 Å². The van der Waals surface area contributed by atoms with E-state index < -0.39 is 5.82 Å². The lowest BCUT2D eigenvalue weighted by molar-refractivity contribution is -0.113. The first kappa shape index (κ1) is 13.3. The predicted octanol–water partition coefficient (Wildman–Crippen LogP) is 1.83. The molecule has 0 aliphatic heterocycles. The Balaban J connectivity index is 1.92. The Morgan fingerprint density at radius 1 is 1.53 bits per heavy atom. The minimum atomic E-state index is -0.468. The zero-order valence-electron chi connectivity index (χ0n) is 10.0. The number of nitrogen functional groups attached to an aromatic ring is 1. The van der Waals surface area contributed by atoms with Gasteiger partial charge in [0.1, 0.15) is 5.82 Å². The second-order valence-corrected chi connectivity index (χ2v) is 4.58. The molecular weight excluding hydrogens is 271 g/mol.